The molecule has 4 rings (SSSR count). The number of imide groups is 1. The van der Waals surface area contributed by atoms with Crippen LogP contribution in [0.3, 0.4) is 0 Å². The van der Waals surface area contributed by atoms with Crippen LogP contribution in [0.1, 0.15) is 56.6 Å². The molecule has 1 unspecified atom stereocenters. The van der Waals surface area contributed by atoms with Crippen LogP contribution in [0.15, 0.2) is 24.3 Å². The standard InChI is InChI=1S/C21H24F3N3O3/c1-13(27-18(29)20(25-19(27)30)10-4-5-11-20)17(28)26(15-8-9-15)12-14-6-2-3-7-16(14)21(22,23)24/h2-3,6-7,13,15H,4-5,8-12H2,1H3,(H,25,30). The van der Waals surface area contributed by atoms with Crippen molar-refractivity contribution in [2.75, 3.05) is 0 Å². The number of nitrogens with zero attached hydrogens (tertiary/aromatic N) is 2. The summed E-state index contributed by atoms with van der Waals surface area (Å²) in [6, 6.07) is 3.32. The van der Waals surface area contributed by atoms with Gasteiger partial charge in [0.15, 0.2) is 0 Å². The molecule has 1 saturated heterocycles. The maximum absolute atomic E-state index is 13.4. The van der Waals surface area contributed by atoms with E-state index in [0.717, 1.165) is 23.8 Å². The molecule has 0 bridgehead atoms. The van der Waals surface area contributed by atoms with Crippen LogP contribution in [-0.4, -0.2) is 45.3 Å². The van der Waals surface area contributed by atoms with Crippen molar-refractivity contribution in [2.45, 2.75) is 75.8 Å². The normalized spacial score (nSPS) is 21.8. The van der Waals surface area contributed by atoms with Gasteiger partial charge in [-0.05, 0) is 44.2 Å². The van der Waals surface area contributed by atoms with Crippen molar-refractivity contribution in [3.63, 3.8) is 0 Å². The smallest absolute Gasteiger partial charge is 0.334 e. The number of urea groups is 1. The van der Waals surface area contributed by atoms with Gasteiger partial charge in [-0.2, -0.15) is 13.2 Å². The molecule has 30 heavy (non-hydrogen) atoms. The van der Waals surface area contributed by atoms with E-state index < -0.39 is 41.2 Å². The number of benzene rings is 1. The van der Waals surface area contributed by atoms with Gasteiger partial charge < -0.3 is 10.2 Å². The minimum absolute atomic E-state index is 0.00177. The second-order valence-electron chi connectivity index (χ2n) is 8.42. The van der Waals surface area contributed by atoms with Gasteiger partial charge >= 0.3 is 12.2 Å². The highest BCUT2D eigenvalue weighted by molar-refractivity contribution is 6.10. The number of carbonyl (C=O) groups excluding carboxylic acids is 3. The molecule has 4 amide bonds. The number of rotatable bonds is 5. The summed E-state index contributed by atoms with van der Waals surface area (Å²) >= 11 is 0. The Hall–Kier alpha value is -2.58. The van der Waals surface area contributed by atoms with Gasteiger partial charge in [0.2, 0.25) is 5.91 Å². The van der Waals surface area contributed by atoms with E-state index in [2.05, 4.69) is 5.32 Å². The van der Waals surface area contributed by atoms with Gasteiger partial charge in [0.25, 0.3) is 5.91 Å². The second-order valence-corrected chi connectivity index (χ2v) is 8.42. The maximum Gasteiger partial charge on any atom is 0.416 e. The van der Waals surface area contributed by atoms with Crippen LogP contribution in [0.2, 0.25) is 0 Å². The van der Waals surface area contributed by atoms with Gasteiger partial charge in [-0.3, -0.25) is 9.59 Å². The lowest BCUT2D eigenvalue weighted by atomic mass is 9.97. The summed E-state index contributed by atoms with van der Waals surface area (Å²) in [6.07, 6.45) is -0.413. The fourth-order valence-corrected chi connectivity index (χ4v) is 4.55. The first-order chi connectivity index (χ1) is 14.1. The predicted molar refractivity (Wildman–Crippen MR) is 101 cm³/mol. The molecule has 9 heteroatoms. The Morgan fingerprint density at radius 1 is 1.23 bits per heavy atom. The summed E-state index contributed by atoms with van der Waals surface area (Å²) in [6.45, 7) is 1.26. The number of halogens is 3. The molecular formula is C21H24F3N3O3. The van der Waals surface area contributed by atoms with E-state index in [1.54, 1.807) is 0 Å². The van der Waals surface area contributed by atoms with E-state index in [9.17, 15) is 27.6 Å². The number of hydrogen-bond donors (Lipinski definition) is 1. The van der Waals surface area contributed by atoms with E-state index in [1.807, 2.05) is 0 Å². The molecule has 1 aromatic carbocycles. The second kappa shape index (κ2) is 7.28. The average molecular weight is 423 g/mol. The molecule has 3 aliphatic rings. The first-order valence-electron chi connectivity index (χ1n) is 10.3. The molecule has 6 nitrogen and oxygen atoms in total. The Balaban J connectivity index is 1.57. The molecule has 3 fully saturated rings. The van der Waals surface area contributed by atoms with E-state index in [4.69, 9.17) is 0 Å². The predicted octanol–water partition coefficient (Wildman–Crippen LogP) is 3.45. The first-order valence-corrected chi connectivity index (χ1v) is 10.3. The largest absolute Gasteiger partial charge is 0.416 e. The lowest BCUT2D eigenvalue weighted by molar-refractivity contribution is -0.144. The minimum Gasteiger partial charge on any atom is -0.334 e. The zero-order valence-electron chi connectivity index (χ0n) is 16.7. The van der Waals surface area contributed by atoms with Crippen LogP contribution in [0.25, 0.3) is 0 Å². The van der Waals surface area contributed by atoms with Crippen molar-refractivity contribution in [3.8, 4) is 0 Å². The Kier molecular flexibility index (Phi) is 5.02. The number of carbonyl (C=O) groups is 3. The van der Waals surface area contributed by atoms with Crippen LogP contribution in [-0.2, 0) is 22.3 Å². The van der Waals surface area contributed by atoms with Crippen LogP contribution in [0, 0.1) is 0 Å². The monoisotopic (exact) mass is 423 g/mol. The molecule has 2 aliphatic carbocycles. The van der Waals surface area contributed by atoms with Crippen LogP contribution in [0.5, 0.6) is 0 Å². The van der Waals surface area contributed by atoms with Gasteiger partial charge in [0, 0.05) is 12.6 Å². The summed E-state index contributed by atoms with van der Waals surface area (Å²) in [5.74, 6) is -0.912. The van der Waals surface area contributed by atoms with E-state index >= 15 is 0 Å². The van der Waals surface area contributed by atoms with Gasteiger partial charge in [0.05, 0.1) is 5.56 Å². The molecule has 1 atom stereocenters. The van der Waals surface area contributed by atoms with Crippen molar-refractivity contribution in [1.29, 1.82) is 0 Å². The Morgan fingerprint density at radius 3 is 2.47 bits per heavy atom. The highest BCUT2D eigenvalue weighted by atomic mass is 19.4. The lowest BCUT2D eigenvalue weighted by Gasteiger charge is -2.30. The molecule has 1 heterocycles. The molecule has 1 spiro atoms. The SMILES string of the molecule is CC(C(=O)N(Cc1ccccc1C(F)(F)F)C1CC1)N1C(=O)NC2(CCCC2)C1=O. The highest BCUT2D eigenvalue weighted by Crippen LogP contribution is 2.38. The van der Waals surface area contributed by atoms with Gasteiger partial charge in [-0.1, -0.05) is 31.0 Å². The lowest BCUT2D eigenvalue weighted by Crippen LogP contribution is -2.51. The van der Waals surface area contributed by atoms with Crippen molar-refractivity contribution in [2.24, 2.45) is 0 Å². The van der Waals surface area contributed by atoms with Crippen molar-refractivity contribution in [3.05, 3.63) is 35.4 Å². The fourth-order valence-electron chi connectivity index (χ4n) is 4.55. The van der Waals surface area contributed by atoms with E-state index in [0.29, 0.717) is 25.7 Å². The van der Waals surface area contributed by atoms with Gasteiger partial charge in [-0.15, -0.1) is 0 Å². The summed E-state index contributed by atoms with van der Waals surface area (Å²) in [5, 5.41) is 2.75. The molecule has 162 valence electrons. The van der Waals surface area contributed by atoms with Crippen LogP contribution in [0.4, 0.5) is 18.0 Å². The quantitative estimate of drug-likeness (QED) is 0.738. The van der Waals surface area contributed by atoms with Crippen molar-refractivity contribution in [1.82, 2.24) is 15.1 Å². The number of amides is 4. The van der Waals surface area contributed by atoms with Gasteiger partial charge in [-0.25, -0.2) is 9.69 Å². The van der Waals surface area contributed by atoms with Crippen molar-refractivity contribution >= 4 is 17.8 Å². The zero-order chi connectivity index (χ0) is 21.7. The van der Waals surface area contributed by atoms with Gasteiger partial charge in [0.1, 0.15) is 11.6 Å². The van der Waals surface area contributed by atoms with E-state index in [1.165, 1.54) is 30.0 Å². The molecule has 1 aromatic rings. The molecule has 0 radical (unpaired) electrons. The average Bonchev–Trinajstić information content (AvgIpc) is 3.37. The highest BCUT2D eigenvalue weighted by Gasteiger charge is 2.55. The third-order valence-electron chi connectivity index (χ3n) is 6.33. The maximum atomic E-state index is 13.4. The fraction of sp³-hybridized carbons (Fsp3) is 0.571. The summed E-state index contributed by atoms with van der Waals surface area (Å²) in [4.78, 5) is 41.1. The molecule has 2 saturated carbocycles. The Morgan fingerprint density at radius 2 is 1.87 bits per heavy atom. The first kappa shape index (κ1) is 20.7. The molecular weight excluding hydrogens is 399 g/mol. The third kappa shape index (κ3) is 3.54. The Labute approximate surface area is 172 Å². The number of alkyl halides is 3. The topological polar surface area (TPSA) is 69.7 Å². The third-order valence-corrected chi connectivity index (χ3v) is 6.33. The van der Waals surface area contributed by atoms with Crippen molar-refractivity contribution < 1.29 is 27.6 Å². The summed E-state index contributed by atoms with van der Waals surface area (Å²) in [5.41, 5.74) is -1.71. The summed E-state index contributed by atoms with van der Waals surface area (Å²) < 4.78 is 40.2. The number of hydrogen-bond acceptors (Lipinski definition) is 3. The van der Waals surface area contributed by atoms with Crippen LogP contribution >= 0.6 is 0 Å². The molecule has 0 aromatic heterocycles. The molecule has 1 N–H and O–H groups in total. The summed E-state index contributed by atoms with van der Waals surface area (Å²) in [7, 11) is 0. The van der Waals surface area contributed by atoms with E-state index in [-0.39, 0.29) is 18.2 Å². The number of nitrogens with one attached hydrogen (secondary N) is 1. The Bertz CT molecular complexity index is 876. The van der Waals surface area contributed by atoms with Crippen LogP contribution < -0.4 is 5.32 Å². The zero-order valence-corrected chi connectivity index (χ0v) is 16.7. The molecule has 1 aliphatic heterocycles. The minimum atomic E-state index is -4.53.